The second-order valence-electron chi connectivity index (χ2n) is 4.57. The van der Waals surface area contributed by atoms with E-state index in [1.54, 1.807) is 0 Å². The van der Waals surface area contributed by atoms with Gasteiger partial charge in [0.1, 0.15) is 30.2 Å². The molecular formula is C12H15NO8. The molecule has 0 amide bonds. The molecule has 9 heteroatoms. The Bertz CT molecular complexity index is 508. The van der Waals surface area contributed by atoms with Crippen molar-refractivity contribution in [2.24, 2.45) is 0 Å². The van der Waals surface area contributed by atoms with Gasteiger partial charge in [0.25, 0.3) is 5.69 Å². The van der Waals surface area contributed by atoms with Crippen LogP contribution in [0.3, 0.4) is 0 Å². The molecular weight excluding hydrogens is 286 g/mol. The summed E-state index contributed by atoms with van der Waals surface area (Å²) in [5, 5.41) is 48.7. The highest BCUT2D eigenvalue weighted by molar-refractivity contribution is 5.38. The van der Waals surface area contributed by atoms with Crippen LogP contribution in [-0.4, -0.2) is 62.7 Å². The molecule has 1 aromatic rings. The van der Waals surface area contributed by atoms with Crippen molar-refractivity contribution in [1.29, 1.82) is 0 Å². The number of benzene rings is 1. The quantitative estimate of drug-likeness (QED) is 0.400. The average Bonchev–Trinajstić information content (AvgIpc) is 2.48. The first kappa shape index (κ1) is 15.6. The number of aliphatic hydroxyl groups excluding tert-OH is 4. The minimum atomic E-state index is -1.57. The lowest BCUT2D eigenvalue weighted by Crippen LogP contribution is -2.60. The maximum atomic E-state index is 10.7. The van der Waals surface area contributed by atoms with Gasteiger partial charge in [-0.15, -0.1) is 0 Å². The Hall–Kier alpha value is -1.78. The van der Waals surface area contributed by atoms with Crippen LogP contribution in [0.25, 0.3) is 0 Å². The number of aliphatic hydroxyl groups is 4. The van der Waals surface area contributed by atoms with Gasteiger partial charge >= 0.3 is 0 Å². The maximum absolute atomic E-state index is 10.7. The molecule has 9 nitrogen and oxygen atoms in total. The normalized spacial score (nSPS) is 32.7. The fraction of sp³-hybridized carbons (Fsp3) is 0.500. The highest BCUT2D eigenvalue weighted by Gasteiger charge is 2.44. The van der Waals surface area contributed by atoms with Crippen LogP contribution >= 0.6 is 0 Å². The molecule has 0 bridgehead atoms. The third-order valence-electron chi connectivity index (χ3n) is 3.13. The van der Waals surface area contributed by atoms with Gasteiger partial charge in [-0.05, 0) is 6.07 Å². The Morgan fingerprint density at radius 3 is 2.57 bits per heavy atom. The molecule has 1 saturated heterocycles. The molecule has 0 spiro atoms. The summed E-state index contributed by atoms with van der Waals surface area (Å²) < 4.78 is 10.4. The molecule has 0 aromatic heterocycles. The SMILES string of the molecule is O=[N+]([O-])c1cccc(O[C@H]2O[C@@H](CO)[C@@H](O)[C@@H](O)[C@@H]2O)c1. The second kappa shape index (κ2) is 6.33. The van der Waals surface area contributed by atoms with Gasteiger partial charge in [-0.25, -0.2) is 0 Å². The summed E-state index contributed by atoms with van der Waals surface area (Å²) in [5.41, 5.74) is -0.211. The van der Waals surface area contributed by atoms with Gasteiger partial charge in [0.2, 0.25) is 6.29 Å². The average molecular weight is 301 g/mol. The number of ether oxygens (including phenoxy) is 2. The summed E-state index contributed by atoms with van der Waals surface area (Å²) in [4.78, 5) is 10.1. The largest absolute Gasteiger partial charge is 0.462 e. The fourth-order valence-electron chi connectivity index (χ4n) is 1.97. The van der Waals surface area contributed by atoms with Crippen LogP contribution in [0.5, 0.6) is 5.75 Å². The Morgan fingerprint density at radius 2 is 1.95 bits per heavy atom. The molecule has 0 saturated carbocycles. The molecule has 4 N–H and O–H groups in total. The van der Waals surface area contributed by atoms with Crippen molar-refractivity contribution in [2.45, 2.75) is 30.7 Å². The summed E-state index contributed by atoms with van der Waals surface area (Å²) in [6.45, 7) is -0.584. The van der Waals surface area contributed by atoms with E-state index in [1.807, 2.05) is 0 Å². The van der Waals surface area contributed by atoms with Gasteiger partial charge in [0, 0.05) is 6.07 Å². The highest BCUT2D eigenvalue weighted by Crippen LogP contribution is 2.26. The van der Waals surface area contributed by atoms with E-state index < -0.39 is 42.2 Å². The predicted molar refractivity (Wildman–Crippen MR) is 67.5 cm³/mol. The molecule has 0 unspecified atom stereocenters. The van der Waals surface area contributed by atoms with Crippen LogP contribution in [-0.2, 0) is 4.74 Å². The molecule has 116 valence electrons. The Balaban J connectivity index is 2.14. The molecule has 1 aliphatic rings. The van der Waals surface area contributed by atoms with Crippen molar-refractivity contribution in [1.82, 2.24) is 0 Å². The summed E-state index contributed by atoms with van der Waals surface area (Å²) >= 11 is 0. The van der Waals surface area contributed by atoms with E-state index in [-0.39, 0.29) is 11.4 Å². The topological polar surface area (TPSA) is 143 Å². The van der Waals surface area contributed by atoms with Crippen molar-refractivity contribution in [3.05, 3.63) is 34.4 Å². The first-order valence-electron chi connectivity index (χ1n) is 6.15. The third-order valence-corrected chi connectivity index (χ3v) is 3.13. The Labute approximate surface area is 119 Å². The zero-order valence-corrected chi connectivity index (χ0v) is 10.8. The summed E-state index contributed by atoms with van der Waals surface area (Å²) in [7, 11) is 0. The zero-order valence-electron chi connectivity index (χ0n) is 10.8. The maximum Gasteiger partial charge on any atom is 0.273 e. The number of non-ortho nitro benzene ring substituents is 1. The van der Waals surface area contributed by atoms with Crippen molar-refractivity contribution in [2.75, 3.05) is 6.61 Å². The van der Waals surface area contributed by atoms with E-state index in [4.69, 9.17) is 14.6 Å². The van der Waals surface area contributed by atoms with Crippen LogP contribution < -0.4 is 4.74 Å². The molecule has 21 heavy (non-hydrogen) atoms. The van der Waals surface area contributed by atoms with Crippen molar-refractivity contribution >= 4 is 5.69 Å². The summed E-state index contributed by atoms with van der Waals surface area (Å²) in [6, 6.07) is 5.19. The Morgan fingerprint density at radius 1 is 1.24 bits per heavy atom. The minimum Gasteiger partial charge on any atom is -0.462 e. The molecule has 1 aliphatic heterocycles. The monoisotopic (exact) mass is 301 g/mol. The molecule has 0 aliphatic carbocycles. The van der Waals surface area contributed by atoms with E-state index in [1.165, 1.54) is 18.2 Å². The van der Waals surface area contributed by atoms with Crippen molar-refractivity contribution < 1.29 is 34.8 Å². The number of nitrogens with zero attached hydrogens (tertiary/aromatic N) is 1. The second-order valence-corrected chi connectivity index (χ2v) is 4.57. The van der Waals surface area contributed by atoms with Crippen molar-refractivity contribution in [3.8, 4) is 5.75 Å². The van der Waals surface area contributed by atoms with E-state index in [0.717, 1.165) is 6.07 Å². The molecule has 0 radical (unpaired) electrons. The lowest BCUT2D eigenvalue weighted by Gasteiger charge is -2.39. The first-order valence-corrected chi connectivity index (χ1v) is 6.15. The van der Waals surface area contributed by atoms with Crippen LogP contribution in [0.2, 0.25) is 0 Å². The Kier molecular flexibility index (Phi) is 4.70. The van der Waals surface area contributed by atoms with E-state index in [2.05, 4.69) is 0 Å². The number of hydrogen-bond donors (Lipinski definition) is 4. The summed E-state index contributed by atoms with van der Waals surface area (Å²) in [6.07, 6.45) is -7.11. The molecule has 2 rings (SSSR count). The highest BCUT2D eigenvalue weighted by atomic mass is 16.7. The number of hydrogen-bond acceptors (Lipinski definition) is 8. The smallest absolute Gasteiger partial charge is 0.273 e. The lowest BCUT2D eigenvalue weighted by atomic mass is 9.99. The van der Waals surface area contributed by atoms with Gasteiger partial charge in [-0.1, -0.05) is 6.07 Å². The zero-order chi connectivity index (χ0) is 15.6. The standard InChI is InChI=1S/C12H15NO8/c14-5-8-9(15)10(16)11(17)12(21-8)20-7-3-1-2-6(4-7)13(18)19/h1-4,8-12,14-17H,5H2/t8-,9+,10+,11-,12-/m0/s1. The van der Waals surface area contributed by atoms with Crippen molar-refractivity contribution in [3.63, 3.8) is 0 Å². The van der Waals surface area contributed by atoms with Gasteiger partial charge in [-0.2, -0.15) is 0 Å². The molecule has 1 heterocycles. The number of nitro benzene ring substituents is 1. The van der Waals surface area contributed by atoms with Crippen LogP contribution in [0.15, 0.2) is 24.3 Å². The van der Waals surface area contributed by atoms with Gasteiger partial charge in [-0.3, -0.25) is 10.1 Å². The van der Waals surface area contributed by atoms with E-state index >= 15 is 0 Å². The van der Waals surface area contributed by atoms with Crippen LogP contribution in [0, 0.1) is 10.1 Å². The number of nitro groups is 1. The van der Waals surface area contributed by atoms with E-state index in [0.29, 0.717) is 0 Å². The van der Waals surface area contributed by atoms with Gasteiger partial charge in [0.15, 0.2) is 0 Å². The first-order chi connectivity index (χ1) is 9.93. The molecule has 5 atom stereocenters. The number of rotatable bonds is 4. The lowest BCUT2D eigenvalue weighted by molar-refractivity contribution is -0.385. The van der Waals surface area contributed by atoms with E-state index in [9.17, 15) is 25.4 Å². The van der Waals surface area contributed by atoms with Gasteiger partial charge < -0.3 is 29.9 Å². The predicted octanol–water partition coefficient (Wildman–Crippen LogP) is -1.23. The third kappa shape index (κ3) is 3.28. The fourth-order valence-corrected chi connectivity index (χ4v) is 1.97. The van der Waals surface area contributed by atoms with Crippen LogP contribution in [0.4, 0.5) is 5.69 Å². The minimum absolute atomic E-state index is 0.0496. The summed E-state index contributed by atoms with van der Waals surface area (Å²) in [5.74, 6) is 0.0496. The van der Waals surface area contributed by atoms with Crippen LogP contribution in [0.1, 0.15) is 0 Å². The molecule has 1 fully saturated rings. The molecule has 1 aromatic carbocycles. The van der Waals surface area contributed by atoms with Gasteiger partial charge in [0.05, 0.1) is 17.6 Å².